The number of ketones is 1. The molecule has 1 aromatic heterocycles. The lowest BCUT2D eigenvalue weighted by Gasteiger charge is -1.76. The van der Waals surface area contributed by atoms with Gasteiger partial charge in [0.1, 0.15) is 5.78 Å². The molecule has 0 aliphatic heterocycles. The smallest absolute Gasteiger partial charge is 0.199 e. The summed E-state index contributed by atoms with van der Waals surface area (Å²) in [7, 11) is 0. The topological polar surface area (TPSA) is 47.0 Å². The summed E-state index contributed by atoms with van der Waals surface area (Å²) in [5.41, 5.74) is 0. The second-order valence-corrected chi connectivity index (χ2v) is 2.23. The van der Waals surface area contributed by atoms with Gasteiger partial charge in [-0.2, -0.15) is 0 Å². The molecule has 0 aliphatic rings. The van der Waals surface area contributed by atoms with E-state index in [0.717, 1.165) is 0 Å². The third kappa shape index (κ3) is 8.62. The van der Waals surface area contributed by atoms with E-state index in [0.29, 0.717) is 0 Å². The maximum atomic E-state index is 9.44. The maximum Gasteiger partial charge on any atom is 0.199 e. The van der Waals surface area contributed by atoms with Crippen LogP contribution in [0.15, 0.2) is 30.6 Å². The summed E-state index contributed by atoms with van der Waals surface area (Å²) in [6, 6.07) is 5.67. The first-order chi connectivity index (χ1) is 5.13. The van der Waals surface area contributed by atoms with E-state index < -0.39 is 0 Å². The number of hydrogen-bond donors (Lipinski definition) is 1. The van der Waals surface area contributed by atoms with Crippen LogP contribution in [0.3, 0.4) is 0 Å². The molecule has 1 rings (SSSR count). The van der Waals surface area contributed by atoms with E-state index in [1.807, 2.05) is 18.2 Å². The van der Waals surface area contributed by atoms with Gasteiger partial charge in [0.15, 0.2) is 12.4 Å². The molecule has 0 aromatic carbocycles. The monoisotopic (exact) mass is 153 g/mol. The maximum absolute atomic E-state index is 9.44. The van der Waals surface area contributed by atoms with Crippen molar-refractivity contribution in [1.82, 2.24) is 0 Å². The molecule has 11 heavy (non-hydrogen) atoms. The Morgan fingerprint density at radius 2 is 1.55 bits per heavy atom. The molecule has 0 spiro atoms. The summed E-state index contributed by atoms with van der Waals surface area (Å²) < 4.78 is 1.50. The van der Waals surface area contributed by atoms with Crippen molar-refractivity contribution in [3.05, 3.63) is 30.6 Å². The van der Waals surface area contributed by atoms with E-state index in [1.165, 1.54) is 18.5 Å². The van der Waals surface area contributed by atoms with Gasteiger partial charge in [0.25, 0.3) is 0 Å². The number of carbonyl (C=O) groups excluding carboxylic acids is 1. The Balaban J connectivity index is 0.000000218. The van der Waals surface area contributed by atoms with Gasteiger partial charge in [0.2, 0.25) is 0 Å². The lowest BCUT2D eigenvalue weighted by atomic mass is 10.5. The average Bonchev–Trinajstić information content (AvgIpc) is 1.87. The Morgan fingerprint density at radius 3 is 1.73 bits per heavy atom. The van der Waals surface area contributed by atoms with Gasteiger partial charge in [-0.05, 0) is 13.8 Å². The molecule has 0 bridgehead atoms. The molecule has 0 aliphatic carbocycles. The van der Waals surface area contributed by atoms with Crippen molar-refractivity contribution in [2.45, 2.75) is 13.8 Å². The van der Waals surface area contributed by atoms with Crippen molar-refractivity contribution in [3.8, 4) is 0 Å². The minimum absolute atomic E-state index is 0.167. The molecule has 0 unspecified atom stereocenters. The van der Waals surface area contributed by atoms with Gasteiger partial charge in [0.05, 0.1) is 0 Å². The van der Waals surface area contributed by atoms with Gasteiger partial charge in [-0.25, -0.2) is 5.84 Å². The van der Waals surface area contributed by atoms with Crippen molar-refractivity contribution >= 4 is 5.78 Å². The predicted octanol–water partition coefficient (Wildman–Crippen LogP) is 0.283. The van der Waals surface area contributed by atoms with Crippen molar-refractivity contribution in [2.75, 3.05) is 5.84 Å². The van der Waals surface area contributed by atoms with Crippen LogP contribution in [0, 0.1) is 0 Å². The lowest BCUT2D eigenvalue weighted by molar-refractivity contribution is -0.638. The normalized spacial score (nSPS) is 7.82. The zero-order chi connectivity index (χ0) is 8.69. The molecule has 2 N–H and O–H groups in total. The second-order valence-electron chi connectivity index (χ2n) is 2.23. The van der Waals surface area contributed by atoms with E-state index in [1.54, 1.807) is 12.4 Å². The second kappa shape index (κ2) is 5.41. The standard InChI is InChI=1S/C5H7N2.C3H6O/c6-7-4-2-1-3-5-7;1-3(2)4/h1-5H,6H2;1-2H3/q+1;. The third-order valence-electron chi connectivity index (χ3n) is 0.739. The molecule has 0 fully saturated rings. The van der Waals surface area contributed by atoms with Crippen molar-refractivity contribution in [1.29, 1.82) is 0 Å². The summed E-state index contributed by atoms with van der Waals surface area (Å²) in [4.78, 5) is 9.44. The van der Waals surface area contributed by atoms with Gasteiger partial charge < -0.3 is 4.79 Å². The fraction of sp³-hybridized carbons (Fsp3) is 0.250. The van der Waals surface area contributed by atoms with E-state index in [9.17, 15) is 4.79 Å². The predicted molar refractivity (Wildman–Crippen MR) is 43.1 cm³/mol. The van der Waals surface area contributed by atoms with Gasteiger partial charge in [-0.3, -0.25) is 0 Å². The van der Waals surface area contributed by atoms with Crippen LogP contribution in [0.2, 0.25) is 0 Å². The Kier molecular flexibility index (Phi) is 4.73. The number of aromatic nitrogens is 1. The fourth-order valence-electron chi connectivity index (χ4n) is 0.412. The molecular weight excluding hydrogens is 140 g/mol. The molecule has 0 saturated carbocycles. The first kappa shape index (κ1) is 9.62. The highest BCUT2D eigenvalue weighted by atomic mass is 16.1. The van der Waals surface area contributed by atoms with Crippen LogP contribution in [0.1, 0.15) is 13.8 Å². The van der Waals surface area contributed by atoms with Gasteiger partial charge in [-0.15, -0.1) is 0 Å². The SMILES string of the molecule is CC(C)=O.N[n+]1ccccc1. The van der Waals surface area contributed by atoms with E-state index in [-0.39, 0.29) is 5.78 Å². The molecular formula is C8H13N2O+. The highest BCUT2D eigenvalue weighted by Crippen LogP contribution is 1.70. The molecule has 3 nitrogen and oxygen atoms in total. The lowest BCUT2D eigenvalue weighted by Crippen LogP contribution is -2.42. The molecule has 0 atom stereocenters. The Hall–Kier alpha value is -1.38. The molecule has 0 radical (unpaired) electrons. The summed E-state index contributed by atoms with van der Waals surface area (Å²) in [6.07, 6.45) is 3.56. The third-order valence-corrected chi connectivity index (χ3v) is 0.739. The molecule has 1 aromatic rings. The van der Waals surface area contributed by atoms with Gasteiger partial charge in [0, 0.05) is 12.1 Å². The van der Waals surface area contributed by atoms with Gasteiger partial charge in [-0.1, -0.05) is 10.7 Å². The molecule has 1 heterocycles. The molecule has 0 amide bonds. The molecule has 3 heteroatoms. The number of pyridine rings is 1. The fourth-order valence-corrected chi connectivity index (χ4v) is 0.412. The highest BCUT2D eigenvalue weighted by Gasteiger charge is 1.79. The minimum atomic E-state index is 0.167. The van der Waals surface area contributed by atoms with Crippen LogP contribution in [-0.2, 0) is 4.79 Å². The Labute approximate surface area is 66.4 Å². The van der Waals surface area contributed by atoms with Crippen molar-refractivity contribution in [3.63, 3.8) is 0 Å². The largest absolute Gasteiger partial charge is 0.300 e. The molecule has 60 valence electrons. The Morgan fingerprint density at radius 1 is 1.18 bits per heavy atom. The zero-order valence-electron chi connectivity index (χ0n) is 6.82. The average molecular weight is 153 g/mol. The van der Waals surface area contributed by atoms with E-state index in [2.05, 4.69) is 0 Å². The highest BCUT2D eigenvalue weighted by molar-refractivity contribution is 5.72. The van der Waals surface area contributed by atoms with Crippen molar-refractivity contribution < 1.29 is 9.47 Å². The number of Topliss-reactive ketones (excluding diaryl/α,β-unsaturated/α-hetero) is 1. The number of rotatable bonds is 0. The summed E-state index contributed by atoms with van der Waals surface area (Å²) in [5.74, 6) is 5.44. The van der Waals surface area contributed by atoms with Crippen molar-refractivity contribution in [2.24, 2.45) is 0 Å². The van der Waals surface area contributed by atoms with Crippen LogP contribution in [-0.4, -0.2) is 5.78 Å². The first-order valence-corrected chi connectivity index (χ1v) is 3.31. The number of hydrogen-bond acceptors (Lipinski definition) is 2. The molecule has 0 saturated heterocycles. The Bertz CT molecular complexity index is 205. The number of nitrogens with zero attached hydrogens (tertiary/aromatic N) is 1. The number of nitrogens with two attached hydrogens (primary N) is 1. The summed E-state index contributed by atoms with van der Waals surface area (Å²) in [6.45, 7) is 3.06. The summed E-state index contributed by atoms with van der Waals surface area (Å²) in [5, 5.41) is 0. The van der Waals surface area contributed by atoms with Crippen LogP contribution >= 0.6 is 0 Å². The zero-order valence-corrected chi connectivity index (χ0v) is 6.82. The van der Waals surface area contributed by atoms with E-state index >= 15 is 0 Å². The number of carbonyl (C=O) groups is 1. The van der Waals surface area contributed by atoms with E-state index in [4.69, 9.17) is 5.84 Å². The van der Waals surface area contributed by atoms with Gasteiger partial charge >= 0.3 is 0 Å². The van der Waals surface area contributed by atoms with Crippen LogP contribution in [0.4, 0.5) is 0 Å². The quantitative estimate of drug-likeness (QED) is 0.430. The summed E-state index contributed by atoms with van der Waals surface area (Å²) >= 11 is 0. The minimum Gasteiger partial charge on any atom is -0.300 e. The first-order valence-electron chi connectivity index (χ1n) is 3.31. The van der Waals surface area contributed by atoms with Crippen LogP contribution in [0.25, 0.3) is 0 Å². The van der Waals surface area contributed by atoms with Crippen LogP contribution in [0.5, 0.6) is 0 Å². The number of nitrogen functional groups attached to an aromatic ring is 1. The van der Waals surface area contributed by atoms with Crippen LogP contribution < -0.4 is 10.5 Å².